The fourth-order valence-electron chi connectivity index (χ4n) is 2.05. The number of anilines is 1. The highest BCUT2D eigenvalue weighted by molar-refractivity contribution is 5.72. The van der Waals surface area contributed by atoms with Crippen LogP contribution in [0.3, 0.4) is 0 Å². The molecule has 5 heteroatoms. The molecule has 3 rings (SSSR count). The van der Waals surface area contributed by atoms with Crippen LogP contribution in [0.2, 0.25) is 0 Å². The number of halogens is 1. The van der Waals surface area contributed by atoms with Gasteiger partial charge in [-0.25, -0.2) is 9.07 Å². The third kappa shape index (κ3) is 1.99. The maximum Gasteiger partial charge on any atom is 0.295 e. The molecule has 0 aliphatic heterocycles. The molecule has 100 valence electrons. The van der Waals surface area contributed by atoms with E-state index in [1.54, 1.807) is 0 Å². The lowest BCUT2D eigenvalue weighted by molar-refractivity contribution is 0.627. The number of hydrogen-bond acceptors (Lipinski definition) is 2. The monoisotopic (exact) mass is 269 g/mol. The molecule has 1 heterocycles. The quantitative estimate of drug-likeness (QED) is 0.751. The molecule has 0 amide bonds. The molecule has 20 heavy (non-hydrogen) atoms. The first-order valence-electron chi connectivity index (χ1n) is 6.08. The van der Waals surface area contributed by atoms with Gasteiger partial charge < -0.3 is 5.73 Å². The highest BCUT2D eigenvalue weighted by Gasteiger charge is 2.13. The lowest BCUT2D eigenvalue weighted by Crippen LogP contribution is -2.16. The van der Waals surface area contributed by atoms with E-state index in [1.807, 2.05) is 30.3 Å². The van der Waals surface area contributed by atoms with Crippen LogP contribution in [-0.2, 0) is 0 Å². The van der Waals surface area contributed by atoms with Crippen LogP contribution >= 0.6 is 0 Å². The van der Waals surface area contributed by atoms with E-state index in [4.69, 9.17) is 5.73 Å². The van der Waals surface area contributed by atoms with Gasteiger partial charge in [-0.15, -0.1) is 0 Å². The zero-order chi connectivity index (χ0) is 14.1. The predicted octanol–water partition coefficient (Wildman–Crippen LogP) is 2.55. The molecule has 0 radical (unpaired) electrons. The predicted molar refractivity (Wildman–Crippen MR) is 76.2 cm³/mol. The first-order chi connectivity index (χ1) is 9.66. The van der Waals surface area contributed by atoms with Crippen LogP contribution in [0.4, 0.5) is 10.1 Å². The molecule has 3 N–H and O–H groups in total. The van der Waals surface area contributed by atoms with Crippen molar-refractivity contribution < 1.29 is 4.39 Å². The smallest absolute Gasteiger partial charge is 0.295 e. The summed E-state index contributed by atoms with van der Waals surface area (Å²) >= 11 is 0. The fraction of sp³-hybridized carbons (Fsp3) is 0. The van der Waals surface area contributed by atoms with Crippen molar-refractivity contribution in [1.82, 2.24) is 9.78 Å². The van der Waals surface area contributed by atoms with Crippen LogP contribution in [0.5, 0.6) is 0 Å². The number of aromatic nitrogens is 2. The molecule has 0 saturated heterocycles. The summed E-state index contributed by atoms with van der Waals surface area (Å²) in [5.74, 6) is -0.357. The highest BCUT2D eigenvalue weighted by atomic mass is 19.1. The minimum absolute atomic E-state index is 0.139. The van der Waals surface area contributed by atoms with Gasteiger partial charge in [-0.1, -0.05) is 30.3 Å². The second kappa shape index (κ2) is 4.70. The lowest BCUT2D eigenvalue weighted by Gasteiger charge is -2.01. The molecule has 0 aliphatic carbocycles. The Hall–Kier alpha value is -2.82. The zero-order valence-electron chi connectivity index (χ0n) is 10.5. The van der Waals surface area contributed by atoms with Gasteiger partial charge in [-0.3, -0.25) is 9.89 Å². The van der Waals surface area contributed by atoms with Crippen molar-refractivity contribution in [1.29, 1.82) is 0 Å². The van der Waals surface area contributed by atoms with Gasteiger partial charge in [0, 0.05) is 5.56 Å². The maximum atomic E-state index is 12.9. The molecule has 2 aromatic carbocycles. The first-order valence-corrected chi connectivity index (χ1v) is 6.08. The van der Waals surface area contributed by atoms with Crippen molar-refractivity contribution in [3.8, 4) is 16.9 Å². The SMILES string of the molecule is Nc1c(-c2ccccc2)[nH]n(-c2ccc(F)cc2)c1=O. The van der Waals surface area contributed by atoms with Gasteiger partial charge in [-0.05, 0) is 24.3 Å². The summed E-state index contributed by atoms with van der Waals surface area (Å²) in [6.07, 6.45) is 0. The molecule has 0 unspecified atom stereocenters. The largest absolute Gasteiger partial charge is 0.392 e. The molecule has 0 atom stereocenters. The molecule has 0 fully saturated rings. The Kier molecular flexibility index (Phi) is 2.87. The van der Waals surface area contributed by atoms with E-state index in [9.17, 15) is 9.18 Å². The molecule has 0 spiro atoms. The van der Waals surface area contributed by atoms with Crippen molar-refractivity contribution in [3.05, 3.63) is 70.8 Å². The summed E-state index contributed by atoms with van der Waals surface area (Å²) in [6, 6.07) is 14.9. The zero-order valence-corrected chi connectivity index (χ0v) is 10.5. The van der Waals surface area contributed by atoms with E-state index in [2.05, 4.69) is 5.10 Å². The normalized spacial score (nSPS) is 10.7. The van der Waals surface area contributed by atoms with E-state index < -0.39 is 0 Å². The minimum atomic E-state index is -0.357. The lowest BCUT2D eigenvalue weighted by atomic mass is 10.1. The third-order valence-corrected chi connectivity index (χ3v) is 3.07. The van der Waals surface area contributed by atoms with Crippen LogP contribution in [0.15, 0.2) is 59.4 Å². The van der Waals surface area contributed by atoms with Gasteiger partial charge in [0.25, 0.3) is 5.56 Å². The van der Waals surface area contributed by atoms with Crippen molar-refractivity contribution in [3.63, 3.8) is 0 Å². The molecule has 0 saturated carbocycles. The fourth-order valence-corrected chi connectivity index (χ4v) is 2.05. The number of hydrogen-bond donors (Lipinski definition) is 2. The molecule has 0 aliphatic rings. The van der Waals surface area contributed by atoms with Crippen LogP contribution in [0, 0.1) is 5.82 Å². The summed E-state index contributed by atoms with van der Waals surface area (Å²) in [4.78, 5) is 12.2. The number of nitrogens with one attached hydrogen (secondary N) is 1. The number of H-pyrrole nitrogens is 1. The molecule has 0 bridgehead atoms. The molecular formula is C15H12FN3O. The van der Waals surface area contributed by atoms with E-state index in [0.29, 0.717) is 11.4 Å². The Bertz CT molecular complexity index is 788. The number of nitrogens with two attached hydrogens (primary N) is 1. The number of rotatable bonds is 2. The standard InChI is InChI=1S/C15H12FN3O/c16-11-6-8-12(9-7-11)19-15(20)13(17)14(18-19)10-4-2-1-3-5-10/h1-9,18H,17H2. The second-order valence-electron chi connectivity index (χ2n) is 4.38. The van der Waals surface area contributed by atoms with Gasteiger partial charge in [0.15, 0.2) is 0 Å². The minimum Gasteiger partial charge on any atom is -0.392 e. The van der Waals surface area contributed by atoms with Crippen molar-refractivity contribution in [2.45, 2.75) is 0 Å². The van der Waals surface area contributed by atoms with E-state index in [-0.39, 0.29) is 17.1 Å². The summed E-state index contributed by atoms with van der Waals surface area (Å²) in [6.45, 7) is 0. The Morgan fingerprint density at radius 3 is 2.30 bits per heavy atom. The highest BCUT2D eigenvalue weighted by Crippen LogP contribution is 2.21. The van der Waals surface area contributed by atoms with Crippen molar-refractivity contribution in [2.24, 2.45) is 0 Å². The van der Waals surface area contributed by atoms with Gasteiger partial charge in [0.1, 0.15) is 11.5 Å². The van der Waals surface area contributed by atoms with Crippen LogP contribution in [-0.4, -0.2) is 9.78 Å². The van der Waals surface area contributed by atoms with Crippen LogP contribution < -0.4 is 11.3 Å². The number of benzene rings is 2. The van der Waals surface area contributed by atoms with Crippen LogP contribution in [0.1, 0.15) is 0 Å². The van der Waals surface area contributed by atoms with E-state index >= 15 is 0 Å². The average molecular weight is 269 g/mol. The van der Waals surface area contributed by atoms with Gasteiger partial charge >= 0.3 is 0 Å². The topological polar surface area (TPSA) is 63.8 Å². The molecular weight excluding hydrogens is 257 g/mol. The number of nitrogens with zero attached hydrogens (tertiary/aromatic N) is 1. The molecule has 1 aromatic heterocycles. The average Bonchev–Trinajstić information content (AvgIpc) is 2.77. The summed E-state index contributed by atoms with van der Waals surface area (Å²) in [5.41, 5.74) is 7.56. The van der Waals surface area contributed by atoms with E-state index in [0.717, 1.165) is 5.56 Å². The van der Waals surface area contributed by atoms with E-state index in [1.165, 1.54) is 28.9 Å². The third-order valence-electron chi connectivity index (χ3n) is 3.07. The molecule has 3 aromatic rings. The van der Waals surface area contributed by atoms with Gasteiger partial charge in [0.2, 0.25) is 0 Å². The summed E-state index contributed by atoms with van der Waals surface area (Å²) < 4.78 is 14.2. The number of nitrogen functional groups attached to an aromatic ring is 1. The Balaban J connectivity index is 2.16. The van der Waals surface area contributed by atoms with Gasteiger partial charge in [-0.2, -0.15) is 0 Å². The second-order valence-corrected chi connectivity index (χ2v) is 4.38. The Labute approximate surface area is 114 Å². The Morgan fingerprint density at radius 2 is 1.65 bits per heavy atom. The maximum absolute atomic E-state index is 12.9. The van der Waals surface area contributed by atoms with Gasteiger partial charge in [0.05, 0.1) is 11.4 Å². The first kappa shape index (κ1) is 12.2. The number of aromatic amines is 1. The summed E-state index contributed by atoms with van der Waals surface area (Å²) in [7, 11) is 0. The van der Waals surface area contributed by atoms with Crippen LogP contribution in [0.25, 0.3) is 16.9 Å². The van der Waals surface area contributed by atoms with Crippen molar-refractivity contribution in [2.75, 3.05) is 5.73 Å². The Morgan fingerprint density at radius 1 is 1.00 bits per heavy atom. The van der Waals surface area contributed by atoms with Crippen molar-refractivity contribution >= 4 is 5.69 Å². The molecule has 4 nitrogen and oxygen atoms in total. The summed E-state index contributed by atoms with van der Waals surface area (Å²) in [5, 5.41) is 2.96.